The Hall–Kier alpha value is -3.26. The summed E-state index contributed by atoms with van der Waals surface area (Å²) in [5, 5.41) is 2.53. The number of hydrogen-bond donors (Lipinski definition) is 1. The molecule has 2 heterocycles. The number of thioether (sulfide) groups is 1. The van der Waals surface area contributed by atoms with Crippen molar-refractivity contribution in [3.8, 4) is 0 Å². The van der Waals surface area contributed by atoms with Crippen LogP contribution in [0.15, 0.2) is 72.1 Å². The molecule has 1 N–H and O–H groups in total. The molecule has 2 aliphatic rings. The highest BCUT2D eigenvalue weighted by Gasteiger charge is 2.47. The summed E-state index contributed by atoms with van der Waals surface area (Å²) in [6.07, 6.45) is -1.00. The fourth-order valence-corrected chi connectivity index (χ4v) is 4.87. The van der Waals surface area contributed by atoms with Gasteiger partial charge in [-0.2, -0.15) is 0 Å². The molecule has 2 aliphatic heterocycles. The van der Waals surface area contributed by atoms with Crippen molar-refractivity contribution in [2.24, 2.45) is 0 Å². The third kappa shape index (κ3) is 5.22. The molecule has 1 unspecified atom stereocenters. The second-order valence-corrected chi connectivity index (χ2v) is 9.96. The molecule has 1 atom stereocenters. The Balaban J connectivity index is 1.66. The Morgan fingerprint density at radius 3 is 2.12 bits per heavy atom. The van der Waals surface area contributed by atoms with Gasteiger partial charge in [0.15, 0.2) is 11.8 Å². The molecule has 0 aliphatic carbocycles. The molecule has 7 nitrogen and oxygen atoms in total. The van der Waals surface area contributed by atoms with E-state index in [1.807, 2.05) is 60.7 Å². The fourth-order valence-electron chi connectivity index (χ4n) is 3.67. The summed E-state index contributed by atoms with van der Waals surface area (Å²) in [6, 6.07) is 18.8. The summed E-state index contributed by atoms with van der Waals surface area (Å²) in [5.74, 6) is -0.491. The summed E-state index contributed by atoms with van der Waals surface area (Å²) in [4.78, 5) is 39.7. The first kappa shape index (κ1) is 22.9. The fraction of sp³-hybridized carbons (Fsp3) is 0.320. The maximum atomic E-state index is 13.5. The standard InChI is InChI=1S/C25H26N2O5S/c1-25(2,3)32-24(30)26-18-15-33-20-14-19(28)27(20)21(18)23(29)31-22(16-10-6-4-7-11-16)17-12-8-5-9-13-17/h4-13,20,22H,14-15H2,1-3H3,(H,26,30). The SMILES string of the molecule is CC(C)(C)OC(=O)NC1=C(C(=O)OC(c2ccccc2)c2ccccc2)N2C(=O)CC2SC1. The third-order valence-electron chi connectivity index (χ3n) is 5.13. The zero-order chi connectivity index (χ0) is 23.6. The van der Waals surface area contributed by atoms with Crippen molar-refractivity contribution in [3.63, 3.8) is 0 Å². The van der Waals surface area contributed by atoms with Crippen LogP contribution in [0.1, 0.15) is 44.4 Å². The quantitative estimate of drug-likeness (QED) is 0.521. The van der Waals surface area contributed by atoms with Crippen LogP contribution in [0, 0.1) is 0 Å². The van der Waals surface area contributed by atoms with Gasteiger partial charge in [-0.15, -0.1) is 11.8 Å². The number of hydrogen-bond acceptors (Lipinski definition) is 6. The molecule has 2 aromatic carbocycles. The van der Waals surface area contributed by atoms with Crippen molar-refractivity contribution in [1.82, 2.24) is 10.2 Å². The third-order valence-corrected chi connectivity index (χ3v) is 6.35. The van der Waals surface area contributed by atoms with Crippen molar-refractivity contribution in [2.75, 3.05) is 5.75 Å². The Bertz CT molecular complexity index is 1040. The molecule has 33 heavy (non-hydrogen) atoms. The molecule has 0 bridgehead atoms. The van der Waals surface area contributed by atoms with Crippen molar-refractivity contribution in [3.05, 3.63) is 83.2 Å². The number of alkyl carbamates (subject to hydrolysis) is 1. The second kappa shape index (κ2) is 9.31. The van der Waals surface area contributed by atoms with Gasteiger partial charge >= 0.3 is 12.1 Å². The predicted molar refractivity (Wildman–Crippen MR) is 125 cm³/mol. The number of amides is 2. The number of benzene rings is 2. The van der Waals surface area contributed by atoms with Gasteiger partial charge in [-0.25, -0.2) is 9.59 Å². The van der Waals surface area contributed by atoms with Gasteiger partial charge in [0, 0.05) is 5.75 Å². The van der Waals surface area contributed by atoms with Crippen LogP contribution in [0.25, 0.3) is 0 Å². The molecule has 0 saturated carbocycles. The maximum absolute atomic E-state index is 13.5. The number of β-lactam (4-membered cyclic amide) rings is 1. The number of carbonyl (C=O) groups excluding carboxylic acids is 3. The predicted octanol–water partition coefficient (Wildman–Crippen LogP) is 4.36. The molecular weight excluding hydrogens is 440 g/mol. The Morgan fingerprint density at radius 1 is 1.03 bits per heavy atom. The molecule has 0 aromatic heterocycles. The van der Waals surface area contributed by atoms with Gasteiger partial charge in [-0.05, 0) is 31.9 Å². The monoisotopic (exact) mass is 466 g/mol. The van der Waals surface area contributed by atoms with E-state index >= 15 is 0 Å². The summed E-state index contributed by atoms with van der Waals surface area (Å²) in [6.45, 7) is 5.27. The van der Waals surface area contributed by atoms with Crippen LogP contribution in [-0.4, -0.2) is 39.6 Å². The van der Waals surface area contributed by atoms with E-state index in [1.165, 1.54) is 16.7 Å². The van der Waals surface area contributed by atoms with Crippen molar-refractivity contribution in [2.45, 2.75) is 44.3 Å². The lowest BCUT2D eigenvalue weighted by Crippen LogP contribution is -2.55. The van der Waals surface area contributed by atoms with Gasteiger partial charge in [-0.1, -0.05) is 60.7 Å². The van der Waals surface area contributed by atoms with Gasteiger partial charge in [0.25, 0.3) is 0 Å². The first-order valence-electron chi connectivity index (χ1n) is 10.7. The highest BCUT2D eigenvalue weighted by Crippen LogP contribution is 2.40. The van der Waals surface area contributed by atoms with E-state index in [4.69, 9.17) is 9.47 Å². The van der Waals surface area contributed by atoms with Crippen molar-refractivity contribution in [1.29, 1.82) is 0 Å². The summed E-state index contributed by atoms with van der Waals surface area (Å²) < 4.78 is 11.3. The molecule has 0 radical (unpaired) electrons. The van der Waals surface area contributed by atoms with E-state index < -0.39 is 23.8 Å². The first-order chi connectivity index (χ1) is 15.7. The van der Waals surface area contributed by atoms with Crippen molar-refractivity contribution >= 4 is 29.7 Å². The molecule has 1 fully saturated rings. The largest absolute Gasteiger partial charge is 0.448 e. The maximum Gasteiger partial charge on any atom is 0.411 e. The van der Waals surface area contributed by atoms with Crippen LogP contribution in [0.4, 0.5) is 4.79 Å². The van der Waals surface area contributed by atoms with E-state index in [2.05, 4.69) is 5.32 Å². The molecule has 4 rings (SSSR count). The van der Waals surface area contributed by atoms with Gasteiger partial charge in [0.05, 0.1) is 17.5 Å². The molecular formula is C25H26N2O5S. The number of rotatable bonds is 5. The molecule has 2 amide bonds. The Kier molecular flexibility index (Phi) is 6.47. The molecule has 8 heteroatoms. The number of fused-ring (bicyclic) bond motifs is 1. The van der Waals surface area contributed by atoms with Crippen LogP contribution < -0.4 is 5.32 Å². The van der Waals surface area contributed by atoms with Crippen LogP contribution in [0.3, 0.4) is 0 Å². The van der Waals surface area contributed by atoms with E-state index in [0.717, 1.165) is 11.1 Å². The van der Waals surface area contributed by atoms with Crippen LogP contribution in [-0.2, 0) is 19.1 Å². The smallest absolute Gasteiger partial charge is 0.411 e. The average molecular weight is 467 g/mol. The minimum atomic E-state index is -0.700. The lowest BCUT2D eigenvalue weighted by Gasteiger charge is -2.44. The van der Waals surface area contributed by atoms with Crippen molar-refractivity contribution < 1.29 is 23.9 Å². The van der Waals surface area contributed by atoms with Gasteiger partial charge in [0.2, 0.25) is 5.91 Å². The first-order valence-corrected chi connectivity index (χ1v) is 11.8. The zero-order valence-corrected chi connectivity index (χ0v) is 19.6. The lowest BCUT2D eigenvalue weighted by atomic mass is 10.0. The van der Waals surface area contributed by atoms with E-state index in [-0.39, 0.29) is 17.0 Å². The minimum absolute atomic E-state index is 0.0673. The normalized spacial score (nSPS) is 17.9. The van der Waals surface area contributed by atoms with E-state index in [1.54, 1.807) is 20.8 Å². The van der Waals surface area contributed by atoms with E-state index in [0.29, 0.717) is 17.9 Å². The number of esters is 1. The van der Waals surface area contributed by atoms with Gasteiger partial charge in [0.1, 0.15) is 5.60 Å². The zero-order valence-electron chi connectivity index (χ0n) is 18.7. The number of nitrogens with zero attached hydrogens (tertiary/aromatic N) is 1. The minimum Gasteiger partial charge on any atom is -0.448 e. The number of ether oxygens (including phenoxy) is 2. The lowest BCUT2D eigenvalue weighted by molar-refractivity contribution is -0.151. The summed E-state index contributed by atoms with van der Waals surface area (Å²) >= 11 is 1.49. The summed E-state index contributed by atoms with van der Waals surface area (Å²) in [5.41, 5.74) is 1.28. The molecule has 1 saturated heterocycles. The number of nitrogens with one attached hydrogen (secondary N) is 1. The highest BCUT2D eigenvalue weighted by atomic mass is 32.2. The average Bonchev–Trinajstić information content (AvgIpc) is 2.77. The number of carbonyl (C=O) groups is 3. The molecule has 2 aromatic rings. The van der Waals surface area contributed by atoms with Gasteiger partial charge < -0.3 is 9.47 Å². The van der Waals surface area contributed by atoms with Crippen LogP contribution in [0.2, 0.25) is 0 Å². The molecule has 172 valence electrons. The highest BCUT2D eigenvalue weighted by molar-refractivity contribution is 8.00. The summed E-state index contributed by atoms with van der Waals surface area (Å²) in [7, 11) is 0. The Morgan fingerprint density at radius 2 is 1.61 bits per heavy atom. The Labute approximate surface area is 197 Å². The molecule has 0 spiro atoms. The van der Waals surface area contributed by atoms with Crippen LogP contribution in [0.5, 0.6) is 0 Å². The van der Waals surface area contributed by atoms with Gasteiger partial charge in [-0.3, -0.25) is 15.0 Å². The van der Waals surface area contributed by atoms with E-state index in [9.17, 15) is 14.4 Å². The van der Waals surface area contributed by atoms with Crippen LogP contribution >= 0.6 is 11.8 Å². The second-order valence-electron chi connectivity index (χ2n) is 8.79. The topological polar surface area (TPSA) is 84.9 Å².